The number of rotatable bonds is 9. The number of carbonyl (C=O) groups is 2. The van der Waals surface area contributed by atoms with E-state index in [1.165, 1.54) is 18.2 Å². The predicted octanol–water partition coefficient (Wildman–Crippen LogP) is 6.45. The topological polar surface area (TPSA) is 70.7 Å². The molecular formula is C36H40BrN3O3. The van der Waals surface area contributed by atoms with Crippen molar-refractivity contribution in [3.8, 4) is 0 Å². The Balaban J connectivity index is 1.22. The first-order chi connectivity index (χ1) is 20.8. The molecule has 0 aliphatic carbocycles. The molecule has 3 aromatic carbocycles. The molecule has 0 saturated carbocycles. The summed E-state index contributed by atoms with van der Waals surface area (Å²) in [5, 5.41) is 6.39. The molecule has 1 saturated heterocycles. The van der Waals surface area contributed by atoms with E-state index in [0.717, 1.165) is 54.6 Å². The minimum atomic E-state index is -0.520. The number of ether oxygens (including phenoxy) is 1. The first kappa shape index (κ1) is 30.8. The fourth-order valence-electron chi connectivity index (χ4n) is 6.68. The summed E-state index contributed by atoms with van der Waals surface area (Å²) < 4.78 is 6.06. The van der Waals surface area contributed by atoms with Gasteiger partial charge in [-0.2, -0.15) is 0 Å². The van der Waals surface area contributed by atoms with Crippen LogP contribution in [0.25, 0.3) is 0 Å². The van der Waals surface area contributed by atoms with E-state index in [4.69, 9.17) is 4.74 Å². The number of amides is 1. The number of nitrogens with one attached hydrogen (secondary N) is 2. The Morgan fingerprint density at radius 3 is 2.00 bits per heavy atom. The average molecular weight is 643 g/mol. The molecule has 2 heterocycles. The zero-order valence-electron chi connectivity index (χ0n) is 25.2. The first-order valence-electron chi connectivity index (χ1n) is 15.0. The molecular weight excluding hydrogens is 602 g/mol. The zero-order chi connectivity index (χ0) is 30.4. The number of hydrogen-bond donors (Lipinski definition) is 2. The molecule has 1 fully saturated rings. The first-order valence-corrected chi connectivity index (χ1v) is 15.8. The van der Waals surface area contributed by atoms with Gasteiger partial charge < -0.3 is 20.3 Å². The maximum atomic E-state index is 13.7. The molecule has 43 heavy (non-hydrogen) atoms. The second kappa shape index (κ2) is 13.7. The van der Waals surface area contributed by atoms with Crippen LogP contribution in [0.1, 0.15) is 55.7 Å². The maximum Gasteiger partial charge on any atom is 0.336 e. The Morgan fingerprint density at radius 2 is 1.44 bits per heavy atom. The zero-order valence-corrected chi connectivity index (χ0v) is 26.7. The fraction of sp³-hybridized carbons (Fsp3) is 0.333. The summed E-state index contributed by atoms with van der Waals surface area (Å²) in [6.45, 7) is 7.21. The molecule has 1 unspecified atom stereocenters. The fourth-order valence-corrected chi connectivity index (χ4v) is 6.95. The summed E-state index contributed by atoms with van der Waals surface area (Å²) in [6.07, 6.45) is 2.96. The van der Waals surface area contributed by atoms with Gasteiger partial charge in [0.05, 0.1) is 18.6 Å². The minimum Gasteiger partial charge on any atom is -0.466 e. The third-order valence-electron chi connectivity index (χ3n) is 8.91. The van der Waals surface area contributed by atoms with E-state index in [1.807, 2.05) is 38.1 Å². The van der Waals surface area contributed by atoms with Crippen LogP contribution < -0.4 is 10.6 Å². The van der Waals surface area contributed by atoms with Crippen LogP contribution in [0, 0.1) is 0 Å². The van der Waals surface area contributed by atoms with Crippen molar-refractivity contribution in [1.29, 1.82) is 0 Å². The molecule has 6 nitrogen and oxygen atoms in total. The van der Waals surface area contributed by atoms with Crippen LogP contribution in [0.15, 0.2) is 112 Å². The number of esters is 1. The van der Waals surface area contributed by atoms with Gasteiger partial charge in [0.25, 0.3) is 0 Å². The molecule has 2 N–H and O–H groups in total. The van der Waals surface area contributed by atoms with Crippen molar-refractivity contribution in [2.75, 3.05) is 33.3 Å². The third kappa shape index (κ3) is 6.63. The number of likely N-dealkylation sites (tertiary alicyclic amines) is 1. The Hall–Kier alpha value is -3.68. The molecule has 2 aliphatic heterocycles. The number of carbonyl (C=O) groups excluding carboxylic acids is 2. The van der Waals surface area contributed by atoms with Crippen LogP contribution >= 0.6 is 15.9 Å². The van der Waals surface area contributed by atoms with Crippen molar-refractivity contribution >= 4 is 27.8 Å². The summed E-state index contributed by atoms with van der Waals surface area (Å²) in [4.78, 5) is 29.1. The number of halogens is 1. The lowest BCUT2D eigenvalue weighted by Gasteiger charge is -2.43. The molecule has 1 amide bonds. The van der Waals surface area contributed by atoms with Crippen molar-refractivity contribution < 1.29 is 14.3 Å². The van der Waals surface area contributed by atoms with E-state index in [-0.39, 0.29) is 11.3 Å². The summed E-state index contributed by atoms with van der Waals surface area (Å²) in [5.41, 5.74) is 6.09. The quantitative estimate of drug-likeness (QED) is 0.208. The summed E-state index contributed by atoms with van der Waals surface area (Å²) in [7, 11) is 1.37. The monoisotopic (exact) mass is 641 g/mol. The number of piperidine rings is 1. The molecule has 0 radical (unpaired) electrons. The third-order valence-corrected chi connectivity index (χ3v) is 9.44. The van der Waals surface area contributed by atoms with E-state index in [1.54, 1.807) is 0 Å². The largest absolute Gasteiger partial charge is 0.466 e. The van der Waals surface area contributed by atoms with E-state index in [9.17, 15) is 9.59 Å². The highest BCUT2D eigenvalue weighted by Crippen LogP contribution is 2.42. The van der Waals surface area contributed by atoms with Gasteiger partial charge >= 0.3 is 5.97 Å². The normalized spacial score (nSPS) is 18.7. The molecule has 224 valence electrons. The van der Waals surface area contributed by atoms with Crippen LogP contribution in [-0.4, -0.2) is 50.1 Å². The van der Waals surface area contributed by atoms with Gasteiger partial charge in [-0.05, 0) is 81.6 Å². The molecule has 7 heteroatoms. The van der Waals surface area contributed by atoms with Gasteiger partial charge in [0, 0.05) is 33.4 Å². The standard InChI is InChI=1S/C36H40BrN3O3/c1-25-31(33(27-15-17-30(37)18-16-27)32(26(2)39-25)35(42)43-3)34(41)38-21-10-22-40-23-19-36(20-24-40,28-11-6-4-7-12-28)29-13-8-5-9-14-29/h4-9,11-18,33,39H,10,19-24H2,1-3H3,(H,38,41). The van der Waals surface area contributed by atoms with Gasteiger partial charge in [-0.25, -0.2) is 4.79 Å². The van der Waals surface area contributed by atoms with E-state index in [2.05, 4.69) is 92.1 Å². The van der Waals surface area contributed by atoms with Crippen LogP contribution in [0.4, 0.5) is 0 Å². The summed E-state index contributed by atoms with van der Waals surface area (Å²) in [5.74, 6) is -1.13. The second-order valence-electron chi connectivity index (χ2n) is 11.4. The van der Waals surface area contributed by atoms with Crippen LogP contribution in [0.3, 0.4) is 0 Å². The van der Waals surface area contributed by atoms with E-state index >= 15 is 0 Å². The Labute approximate surface area is 263 Å². The van der Waals surface area contributed by atoms with Crippen LogP contribution in [0.2, 0.25) is 0 Å². The lowest BCUT2D eigenvalue weighted by Crippen LogP contribution is -2.44. The molecule has 2 aliphatic rings. The molecule has 0 spiro atoms. The van der Waals surface area contributed by atoms with Crippen molar-refractivity contribution in [3.05, 3.63) is 129 Å². The van der Waals surface area contributed by atoms with Gasteiger partial charge in [-0.15, -0.1) is 0 Å². The van der Waals surface area contributed by atoms with E-state index < -0.39 is 11.9 Å². The Bertz CT molecular complexity index is 1450. The van der Waals surface area contributed by atoms with Gasteiger partial charge in [0.1, 0.15) is 0 Å². The van der Waals surface area contributed by atoms with Crippen molar-refractivity contribution in [1.82, 2.24) is 15.5 Å². The Morgan fingerprint density at radius 1 is 0.884 bits per heavy atom. The number of hydrogen-bond acceptors (Lipinski definition) is 5. The molecule has 0 bridgehead atoms. The highest BCUT2D eigenvalue weighted by Gasteiger charge is 2.38. The summed E-state index contributed by atoms with van der Waals surface area (Å²) >= 11 is 3.49. The molecule has 0 aromatic heterocycles. The highest BCUT2D eigenvalue weighted by atomic mass is 79.9. The predicted molar refractivity (Wildman–Crippen MR) is 174 cm³/mol. The van der Waals surface area contributed by atoms with Gasteiger partial charge in [-0.3, -0.25) is 4.79 Å². The van der Waals surface area contributed by atoms with Crippen LogP contribution in [0.5, 0.6) is 0 Å². The van der Waals surface area contributed by atoms with Crippen LogP contribution in [-0.2, 0) is 19.7 Å². The minimum absolute atomic E-state index is 0.0241. The van der Waals surface area contributed by atoms with Gasteiger partial charge in [-0.1, -0.05) is 88.7 Å². The lowest BCUT2D eigenvalue weighted by molar-refractivity contribution is -0.136. The number of benzene rings is 3. The maximum absolute atomic E-state index is 13.7. The number of methoxy groups -OCH3 is 1. The average Bonchev–Trinajstić information content (AvgIpc) is 3.04. The highest BCUT2D eigenvalue weighted by molar-refractivity contribution is 9.10. The molecule has 3 aromatic rings. The van der Waals surface area contributed by atoms with Gasteiger partial charge in [0.2, 0.25) is 5.91 Å². The smallest absolute Gasteiger partial charge is 0.336 e. The number of nitrogens with zero attached hydrogens (tertiary/aromatic N) is 1. The second-order valence-corrected chi connectivity index (χ2v) is 12.4. The van der Waals surface area contributed by atoms with Crippen molar-refractivity contribution in [3.63, 3.8) is 0 Å². The molecule has 5 rings (SSSR count). The molecule has 1 atom stereocenters. The summed E-state index contributed by atoms with van der Waals surface area (Å²) in [6, 6.07) is 29.5. The van der Waals surface area contributed by atoms with Gasteiger partial charge in [0.15, 0.2) is 0 Å². The number of dihydropyridines is 1. The van der Waals surface area contributed by atoms with Crippen molar-refractivity contribution in [2.24, 2.45) is 0 Å². The SMILES string of the molecule is COC(=O)C1=C(C)NC(C)=C(C(=O)NCCCN2CCC(c3ccccc3)(c3ccccc3)CC2)C1c1ccc(Br)cc1. The Kier molecular flexibility index (Phi) is 9.83. The number of allylic oxidation sites excluding steroid dienone is 2. The van der Waals surface area contributed by atoms with Crippen molar-refractivity contribution in [2.45, 2.75) is 44.4 Å². The lowest BCUT2D eigenvalue weighted by atomic mass is 9.68. The van der Waals surface area contributed by atoms with E-state index in [0.29, 0.717) is 23.4 Å².